The molecule has 0 nitrogen and oxygen atoms in total. The van der Waals surface area contributed by atoms with Crippen LogP contribution in [0, 0.1) is 0 Å². The molecular formula is C18H30SiTi. The van der Waals surface area contributed by atoms with Crippen molar-refractivity contribution in [1.29, 1.82) is 0 Å². The Morgan fingerprint density at radius 1 is 0.650 bits per heavy atom. The monoisotopic (exact) mass is 322 g/mol. The molecule has 0 spiro atoms. The predicted octanol–water partition coefficient (Wildman–Crippen LogP) is 5.35. The molecule has 2 aliphatic carbocycles. The molecule has 110 valence electrons. The standard InChI is InChI=1S/2C8H11.2CH3.H2Si.Ti/c2*1-6-4-5-7(2)8(6)3;;;;/h2*4H2,1-3H3;2*1H3;1H2;. The van der Waals surface area contributed by atoms with Crippen LogP contribution in [-0.4, -0.2) is 7.63 Å². The van der Waals surface area contributed by atoms with E-state index < -0.39 is 14.0 Å². The Morgan fingerprint density at radius 3 is 1.15 bits per heavy atom. The van der Waals surface area contributed by atoms with Gasteiger partial charge in [-0.15, -0.1) is 0 Å². The van der Waals surface area contributed by atoms with Crippen LogP contribution in [0.25, 0.3) is 0 Å². The Kier molecular flexibility index (Phi) is 3.82. The molecule has 20 heavy (non-hydrogen) atoms. The van der Waals surface area contributed by atoms with Crippen molar-refractivity contribution in [2.45, 2.75) is 64.8 Å². The third-order valence-corrected chi connectivity index (χ3v) is 17.4. The normalized spacial score (nSPS) is 21.9. The zero-order chi connectivity index (χ0) is 15.5. The van der Waals surface area contributed by atoms with E-state index in [4.69, 9.17) is 0 Å². The molecule has 2 aliphatic rings. The van der Waals surface area contributed by atoms with Crippen molar-refractivity contribution in [3.63, 3.8) is 0 Å². The van der Waals surface area contributed by atoms with Gasteiger partial charge in [0.2, 0.25) is 0 Å². The van der Waals surface area contributed by atoms with Gasteiger partial charge >= 0.3 is 128 Å². The molecule has 0 aromatic rings. The Balaban J connectivity index is 2.61. The summed E-state index contributed by atoms with van der Waals surface area (Å²) in [6.45, 7) is 14.0. The zero-order valence-corrected chi connectivity index (χ0v) is 17.6. The van der Waals surface area contributed by atoms with Crippen LogP contribution < -0.4 is 0 Å². The molecule has 0 aliphatic heterocycles. The summed E-state index contributed by atoms with van der Waals surface area (Å²) in [5.74, 6) is 0. The van der Waals surface area contributed by atoms with Crippen LogP contribution in [0.4, 0.5) is 0 Å². The summed E-state index contributed by atoms with van der Waals surface area (Å²) in [6, 6.07) is 0. The van der Waals surface area contributed by atoms with Crippen LogP contribution in [-0.2, 0) is 14.0 Å². The van der Waals surface area contributed by atoms with Gasteiger partial charge in [-0.05, 0) is 0 Å². The first-order chi connectivity index (χ1) is 8.96. The summed E-state index contributed by atoms with van der Waals surface area (Å²) in [4.78, 5) is 0. The molecule has 0 saturated heterocycles. The fraction of sp³-hybridized carbons (Fsp3) is 0.556. The molecule has 0 bridgehead atoms. The first-order valence-corrected chi connectivity index (χ1v) is 16.5. The second-order valence-electron chi connectivity index (χ2n) is 8.06. The molecule has 2 heteroatoms. The number of rotatable bonds is 2. The average molecular weight is 322 g/mol. The van der Waals surface area contributed by atoms with E-state index in [1.807, 2.05) is 7.76 Å². The van der Waals surface area contributed by atoms with Gasteiger partial charge in [-0.2, -0.15) is 0 Å². The maximum atomic E-state index is 2.64. The summed E-state index contributed by atoms with van der Waals surface area (Å²) in [5, 5.41) is 5.29. The summed E-state index contributed by atoms with van der Waals surface area (Å²) < 4.78 is 3.65. The molecule has 0 N–H and O–H groups in total. The summed E-state index contributed by atoms with van der Waals surface area (Å²) in [5.41, 5.74) is 9.54. The first kappa shape index (κ1) is 16.3. The van der Waals surface area contributed by atoms with E-state index in [1.54, 1.807) is 33.4 Å². The molecule has 0 aromatic heterocycles. The van der Waals surface area contributed by atoms with E-state index in [1.165, 1.54) is 12.8 Å². The van der Waals surface area contributed by atoms with Crippen LogP contribution in [0.3, 0.4) is 0 Å². The maximum absolute atomic E-state index is 2.70. The molecule has 0 saturated carbocycles. The zero-order valence-electron chi connectivity index (χ0n) is 14.6. The van der Waals surface area contributed by atoms with Crippen LogP contribution >= 0.6 is 0 Å². The van der Waals surface area contributed by atoms with Gasteiger partial charge in [-0.3, -0.25) is 0 Å². The van der Waals surface area contributed by atoms with Crippen molar-refractivity contribution in [2.24, 2.45) is 0 Å². The van der Waals surface area contributed by atoms with Gasteiger partial charge in [0.15, 0.2) is 0 Å². The Labute approximate surface area is 127 Å². The number of allylic oxidation sites excluding steroid dienone is 8. The van der Waals surface area contributed by atoms with Crippen molar-refractivity contribution in [2.75, 3.05) is 0 Å². The topological polar surface area (TPSA) is 0 Å². The van der Waals surface area contributed by atoms with Gasteiger partial charge in [-0.25, -0.2) is 0 Å². The third kappa shape index (κ3) is 2.23. The third-order valence-electron chi connectivity index (χ3n) is 6.13. The van der Waals surface area contributed by atoms with Gasteiger partial charge in [-0.1, -0.05) is 0 Å². The van der Waals surface area contributed by atoms with Gasteiger partial charge in [0, 0.05) is 0 Å². The van der Waals surface area contributed by atoms with E-state index >= 15 is 0 Å². The molecule has 0 atom stereocenters. The molecular weight excluding hydrogens is 292 g/mol. The SMILES string of the molecule is CC1=C(C)C(C)=[C]([Ti]([CH3])([CH3])(=[SiH2])[C]2=C(C)C(C)=C(C)C2)C1. The van der Waals surface area contributed by atoms with Gasteiger partial charge in [0.25, 0.3) is 0 Å². The molecule has 0 radical (unpaired) electrons. The van der Waals surface area contributed by atoms with Crippen LogP contribution in [0.1, 0.15) is 54.4 Å². The molecule has 2 rings (SSSR count). The van der Waals surface area contributed by atoms with Gasteiger partial charge in [0.1, 0.15) is 0 Å². The van der Waals surface area contributed by atoms with E-state index in [0.717, 1.165) is 0 Å². The van der Waals surface area contributed by atoms with Crippen LogP contribution in [0.15, 0.2) is 41.2 Å². The quantitative estimate of drug-likeness (QED) is 0.601. The van der Waals surface area contributed by atoms with Crippen molar-refractivity contribution in [1.82, 2.24) is 0 Å². The minimum absolute atomic E-state index is 1.24. The summed E-state index contributed by atoms with van der Waals surface area (Å²) in [7, 11) is 2.38. The predicted molar refractivity (Wildman–Crippen MR) is 91.7 cm³/mol. The van der Waals surface area contributed by atoms with Crippen molar-refractivity contribution in [3.05, 3.63) is 41.2 Å². The van der Waals surface area contributed by atoms with Crippen molar-refractivity contribution in [3.8, 4) is 0 Å². The summed E-state index contributed by atoms with van der Waals surface area (Å²) in [6.07, 6.45) is 2.47. The van der Waals surface area contributed by atoms with Gasteiger partial charge < -0.3 is 0 Å². The van der Waals surface area contributed by atoms with Crippen LogP contribution in [0.5, 0.6) is 0 Å². The fourth-order valence-electron chi connectivity index (χ4n) is 4.11. The second kappa shape index (κ2) is 4.69. The van der Waals surface area contributed by atoms with E-state index in [-0.39, 0.29) is 0 Å². The Hall–Kier alpha value is -0.109. The van der Waals surface area contributed by atoms with E-state index in [9.17, 15) is 0 Å². The summed E-state index contributed by atoms with van der Waals surface area (Å²) >= 11 is -2.70. The van der Waals surface area contributed by atoms with Crippen molar-refractivity contribution < 1.29 is 14.0 Å². The molecule has 0 unspecified atom stereocenters. The molecule has 0 aromatic carbocycles. The van der Waals surface area contributed by atoms with Crippen LogP contribution in [0.2, 0.25) is 10.5 Å². The number of hydrogen-bond acceptors (Lipinski definition) is 0. The first-order valence-electron chi connectivity index (χ1n) is 7.77. The number of hydrogen-bond donors (Lipinski definition) is 0. The van der Waals surface area contributed by atoms with Gasteiger partial charge in [0.05, 0.1) is 0 Å². The minimum atomic E-state index is -2.70. The Morgan fingerprint density at radius 2 is 0.950 bits per heavy atom. The van der Waals surface area contributed by atoms with E-state index in [2.05, 4.69) is 59.6 Å². The average Bonchev–Trinajstić information content (AvgIpc) is 2.75. The molecule has 0 heterocycles. The second-order valence-corrected chi connectivity index (χ2v) is 27.1. The van der Waals surface area contributed by atoms with Crippen molar-refractivity contribution >= 4 is 7.63 Å². The fourth-order valence-corrected chi connectivity index (χ4v) is 14.8. The van der Waals surface area contributed by atoms with E-state index in [0.29, 0.717) is 0 Å². The molecule has 0 fully saturated rings. The molecule has 0 amide bonds. The Bertz CT molecular complexity index is 633.